The molecule has 1 rings (SSSR count). The highest BCUT2D eigenvalue weighted by Crippen LogP contribution is 2.31. The van der Waals surface area contributed by atoms with Gasteiger partial charge in [-0.25, -0.2) is 0 Å². The molecule has 3 atom stereocenters. The van der Waals surface area contributed by atoms with Gasteiger partial charge in [0, 0.05) is 6.54 Å². The summed E-state index contributed by atoms with van der Waals surface area (Å²) >= 11 is 0. The van der Waals surface area contributed by atoms with E-state index >= 15 is 0 Å². The van der Waals surface area contributed by atoms with Crippen LogP contribution >= 0.6 is 0 Å². The summed E-state index contributed by atoms with van der Waals surface area (Å²) in [6.45, 7) is 5.62. The van der Waals surface area contributed by atoms with Crippen molar-refractivity contribution in [1.29, 1.82) is 0 Å². The lowest BCUT2D eigenvalue weighted by Crippen LogP contribution is -2.38. The average Bonchev–Trinajstić information content (AvgIpc) is 2.31. The van der Waals surface area contributed by atoms with E-state index in [0.29, 0.717) is 5.92 Å². The zero-order chi connectivity index (χ0) is 13.5. The molecule has 1 saturated carbocycles. The standard InChI is InChI=1S/C15H32N2O/c1-5-13-7-8-15(18)14(11-13)12-17(4)10-6-9-16(2)3/h13-15,18H,5-12H2,1-4H3. The van der Waals surface area contributed by atoms with E-state index in [1.54, 1.807) is 0 Å². The van der Waals surface area contributed by atoms with E-state index in [-0.39, 0.29) is 6.10 Å². The molecule has 0 aromatic heterocycles. The van der Waals surface area contributed by atoms with E-state index in [4.69, 9.17) is 0 Å². The quantitative estimate of drug-likeness (QED) is 0.755. The summed E-state index contributed by atoms with van der Waals surface area (Å²) in [6, 6.07) is 0. The van der Waals surface area contributed by atoms with Crippen molar-refractivity contribution in [2.75, 3.05) is 40.8 Å². The van der Waals surface area contributed by atoms with Crippen LogP contribution in [0.5, 0.6) is 0 Å². The maximum Gasteiger partial charge on any atom is 0.0580 e. The van der Waals surface area contributed by atoms with Crippen molar-refractivity contribution in [3.63, 3.8) is 0 Å². The summed E-state index contributed by atoms with van der Waals surface area (Å²) in [5, 5.41) is 10.1. The molecule has 3 heteroatoms. The van der Waals surface area contributed by atoms with Crippen molar-refractivity contribution in [1.82, 2.24) is 9.80 Å². The lowest BCUT2D eigenvalue weighted by Gasteiger charge is -2.35. The molecule has 0 radical (unpaired) electrons. The highest BCUT2D eigenvalue weighted by molar-refractivity contribution is 4.81. The minimum atomic E-state index is -0.0656. The van der Waals surface area contributed by atoms with E-state index in [1.165, 1.54) is 25.7 Å². The Hall–Kier alpha value is -0.120. The monoisotopic (exact) mass is 256 g/mol. The van der Waals surface area contributed by atoms with Gasteiger partial charge >= 0.3 is 0 Å². The Morgan fingerprint density at radius 1 is 1.11 bits per heavy atom. The van der Waals surface area contributed by atoms with Crippen molar-refractivity contribution in [3.05, 3.63) is 0 Å². The Bertz CT molecular complexity index is 221. The second-order valence-electron chi connectivity index (χ2n) is 6.33. The van der Waals surface area contributed by atoms with Crippen LogP contribution in [0.4, 0.5) is 0 Å². The first-order chi connectivity index (χ1) is 8.52. The number of aliphatic hydroxyl groups excluding tert-OH is 1. The highest BCUT2D eigenvalue weighted by Gasteiger charge is 2.28. The fraction of sp³-hybridized carbons (Fsp3) is 1.00. The third kappa shape index (κ3) is 5.68. The smallest absolute Gasteiger partial charge is 0.0580 e. The molecule has 0 saturated heterocycles. The molecule has 0 aromatic carbocycles. The molecule has 1 aliphatic rings. The van der Waals surface area contributed by atoms with Crippen molar-refractivity contribution in [2.24, 2.45) is 11.8 Å². The molecule has 1 aliphatic carbocycles. The fourth-order valence-electron chi connectivity index (χ4n) is 3.06. The van der Waals surface area contributed by atoms with E-state index < -0.39 is 0 Å². The Balaban J connectivity index is 2.26. The van der Waals surface area contributed by atoms with Crippen molar-refractivity contribution < 1.29 is 5.11 Å². The van der Waals surface area contributed by atoms with Gasteiger partial charge in [-0.2, -0.15) is 0 Å². The topological polar surface area (TPSA) is 26.7 Å². The van der Waals surface area contributed by atoms with Crippen LogP contribution in [0, 0.1) is 11.8 Å². The molecule has 0 aliphatic heterocycles. The third-order valence-corrected chi connectivity index (χ3v) is 4.32. The van der Waals surface area contributed by atoms with Gasteiger partial charge in [0.05, 0.1) is 6.10 Å². The molecule has 0 heterocycles. The van der Waals surface area contributed by atoms with E-state index in [2.05, 4.69) is 37.9 Å². The van der Waals surface area contributed by atoms with Crippen LogP contribution in [0.25, 0.3) is 0 Å². The molecule has 1 fully saturated rings. The summed E-state index contributed by atoms with van der Waals surface area (Å²) < 4.78 is 0. The van der Waals surface area contributed by atoms with Gasteiger partial charge in [0.25, 0.3) is 0 Å². The molecule has 3 unspecified atom stereocenters. The van der Waals surface area contributed by atoms with E-state index in [9.17, 15) is 5.11 Å². The van der Waals surface area contributed by atoms with Gasteiger partial charge in [-0.3, -0.25) is 0 Å². The van der Waals surface area contributed by atoms with E-state index in [1.807, 2.05) is 0 Å². The Kier molecular flexibility index (Phi) is 7.20. The van der Waals surface area contributed by atoms with Gasteiger partial charge in [0.1, 0.15) is 0 Å². The van der Waals surface area contributed by atoms with Gasteiger partial charge in [-0.05, 0) is 71.8 Å². The minimum absolute atomic E-state index is 0.0656. The zero-order valence-electron chi connectivity index (χ0n) is 12.7. The summed E-state index contributed by atoms with van der Waals surface area (Å²) in [5.74, 6) is 1.33. The molecular weight excluding hydrogens is 224 g/mol. The molecular formula is C15H32N2O. The van der Waals surface area contributed by atoms with Crippen LogP contribution in [-0.2, 0) is 0 Å². The molecule has 0 aromatic rings. The highest BCUT2D eigenvalue weighted by atomic mass is 16.3. The Labute approximate surface area is 113 Å². The predicted octanol–water partition coefficient (Wildman–Crippen LogP) is 2.06. The van der Waals surface area contributed by atoms with Crippen LogP contribution in [-0.4, -0.2) is 61.8 Å². The Morgan fingerprint density at radius 2 is 1.83 bits per heavy atom. The molecule has 18 heavy (non-hydrogen) atoms. The van der Waals surface area contributed by atoms with Gasteiger partial charge in [0.2, 0.25) is 0 Å². The molecule has 0 amide bonds. The summed E-state index contributed by atoms with van der Waals surface area (Å²) in [7, 11) is 6.44. The number of aliphatic hydroxyl groups is 1. The van der Waals surface area contributed by atoms with Crippen LogP contribution in [0.3, 0.4) is 0 Å². The molecule has 0 bridgehead atoms. The van der Waals surface area contributed by atoms with Crippen molar-refractivity contribution in [2.45, 2.75) is 45.1 Å². The normalized spacial score (nSPS) is 29.2. The Morgan fingerprint density at radius 3 is 2.44 bits per heavy atom. The number of hydrogen-bond donors (Lipinski definition) is 1. The van der Waals surface area contributed by atoms with Gasteiger partial charge in [-0.1, -0.05) is 13.3 Å². The summed E-state index contributed by atoms with van der Waals surface area (Å²) in [6.07, 6.45) is 5.86. The second kappa shape index (κ2) is 8.13. The van der Waals surface area contributed by atoms with Crippen molar-refractivity contribution in [3.8, 4) is 0 Å². The van der Waals surface area contributed by atoms with Gasteiger partial charge < -0.3 is 14.9 Å². The first-order valence-electron chi connectivity index (χ1n) is 7.54. The van der Waals surface area contributed by atoms with E-state index in [0.717, 1.165) is 32.0 Å². The molecule has 3 nitrogen and oxygen atoms in total. The van der Waals surface area contributed by atoms with Crippen LogP contribution < -0.4 is 0 Å². The SMILES string of the molecule is CCC1CCC(O)C(CN(C)CCCN(C)C)C1. The largest absolute Gasteiger partial charge is 0.393 e. The first-order valence-corrected chi connectivity index (χ1v) is 7.54. The number of hydrogen-bond acceptors (Lipinski definition) is 3. The summed E-state index contributed by atoms with van der Waals surface area (Å²) in [4.78, 5) is 4.63. The summed E-state index contributed by atoms with van der Waals surface area (Å²) in [5.41, 5.74) is 0. The fourth-order valence-corrected chi connectivity index (χ4v) is 3.06. The molecule has 1 N–H and O–H groups in total. The number of nitrogens with zero attached hydrogens (tertiary/aromatic N) is 2. The maximum atomic E-state index is 10.1. The second-order valence-corrected chi connectivity index (χ2v) is 6.33. The first kappa shape index (κ1) is 15.9. The third-order valence-electron chi connectivity index (χ3n) is 4.32. The maximum absolute atomic E-state index is 10.1. The van der Waals surface area contributed by atoms with Gasteiger partial charge in [-0.15, -0.1) is 0 Å². The van der Waals surface area contributed by atoms with Crippen LogP contribution in [0.15, 0.2) is 0 Å². The lowest BCUT2D eigenvalue weighted by atomic mass is 9.78. The molecule has 0 spiro atoms. The molecule has 108 valence electrons. The van der Waals surface area contributed by atoms with Crippen LogP contribution in [0.2, 0.25) is 0 Å². The average molecular weight is 256 g/mol. The lowest BCUT2D eigenvalue weighted by molar-refractivity contribution is 0.0306. The van der Waals surface area contributed by atoms with Crippen LogP contribution in [0.1, 0.15) is 39.0 Å². The predicted molar refractivity (Wildman–Crippen MR) is 77.8 cm³/mol. The van der Waals surface area contributed by atoms with Crippen molar-refractivity contribution >= 4 is 0 Å². The minimum Gasteiger partial charge on any atom is -0.393 e. The zero-order valence-corrected chi connectivity index (χ0v) is 12.7. The number of rotatable bonds is 7. The van der Waals surface area contributed by atoms with Gasteiger partial charge in [0.15, 0.2) is 0 Å².